The van der Waals surface area contributed by atoms with Crippen LogP contribution in [0.1, 0.15) is 28.7 Å². The lowest BCUT2D eigenvalue weighted by atomic mass is 10.0. The molecule has 6 heteroatoms. The van der Waals surface area contributed by atoms with Crippen LogP contribution in [0, 0.1) is 13.8 Å². The third-order valence-corrected chi connectivity index (χ3v) is 5.72. The van der Waals surface area contributed by atoms with Gasteiger partial charge in [0, 0.05) is 39.4 Å². The van der Waals surface area contributed by atoms with Gasteiger partial charge in [0.15, 0.2) is 0 Å². The van der Waals surface area contributed by atoms with Gasteiger partial charge in [-0.3, -0.25) is 0 Å². The van der Waals surface area contributed by atoms with E-state index in [1.807, 2.05) is 48.7 Å². The van der Waals surface area contributed by atoms with Gasteiger partial charge < -0.3 is 15.2 Å². The summed E-state index contributed by atoms with van der Waals surface area (Å²) in [7, 11) is 0. The van der Waals surface area contributed by atoms with Crippen molar-refractivity contribution in [1.29, 1.82) is 0 Å². The maximum absolute atomic E-state index is 13.2. The fourth-order valence-corrected chi connectivity index (χ4v) is 4.38. The minimum absolute atomic E-state index is 0.184. The molecule has 0 saturated carbocycles. The lowest BCUT2D eigenvalue weighted by molar-refractivity contribution is -0.137. The summed E-state index contributed by atoms with van der Waals surface area (Å²) in [5.41, 5.74) is 4.70. The average molecular weight is 407 g/mol. The van der Waals surface area contributed by atoms with E-state index in [9.17, 15) is 13.2 Å². The summed E-state index contributed by atoms with van der Waals surface area (Å²) < 4.78 is 41.5. The van der Waals surface area contributed by atoms with E-state index in [1.54, 1.807) is 6.07 Å². The molecule has 3 aromatic carbocycles. The molecule has 0 fully saturated rings. The highest BCUT2D eigenvalue weighted by atomic mass is 19.4. The zero-order valence-corrected chi connectivity index (χ0v) is 16.5. The maximum Gasteiger partial charge on any atom is 0.416 e. The highest BCUT2D eigenvalue weighted by Crippen LogP contribution is 2.40. The molecule has 2 heterocycles. The van der Waals surface area contributed by atoms with Crippen LogP contribution in [-0.4, -0.2) is 4.57 Å². The molecule has 0 unspecified atom stereocenters. The first kappa shape index (κ1) is 18.6. The van der Waals surface area contributed by atoms with Crippen molar-refractivity contribution >= 4 is 22.1 Å². The summed E-state index contributed by atoms with van der Waals surface area (Å²) in [6, 6.07) is 19.7. The second kappa shape index (κ2) is 6.55. The van der Waals surface area contributed by atoms with Crippen molar-refractivity contribution in [3.05, 3.63) is 89.2 Å². The van der Waals surface area contributed by atoms with E-state index in [-0.39, 0.29) is 6.17 Å². The molecule has 0 amide bonds. The first-order chi connectivity index (χ1) is 14.3. The molecule has 0 aliphatic carbocycles. The number of halogens is 3. The topological polar surface area (TPSA) is 29.0 Å². The molecule has 30 heavy (non-hydrogen) atoms. The molecule has 0 bridgehead atoms. The number of hydrogen-bond acceptors (Lipinski definition) is 2. The summed E-state index contributed by atoms with van der Waals surface area (Å²) in [5.74, 6) is 0. The van der Waals surface area contributed by atoms with E-state index in [2.05, 4.69) is 22.8 Å². The minimum atomic E-state index is -4.37. The monoisotopic (exact) mass is 407 g/mol. The van der Waals surface area contributed by atoms with Gasteiger partial charge in [-0.05, 0) is 55.6 Å². The molecular weight excluding hydrogens is 387 g/mol. The molecule has 5 rings (SSSR count). The second-order valence-electron chi connectivity index (χ2n) is 7.64. The van der Waals surface area contributed by atoms with Crippen LogP contribution in [0.25, 0.3) is 16.5 Å². The van der Waals surface area contributed by atoms with Gasteiger partial charge in [-0.1, -0.05) is 30.3 Å². The molecule has 0 spiro atoms. The summed E-state index contributed by atoms with van der Waals surface area (Å²) in [6.45, 7) is 3.85. The Morgan fingerprint density at radius 3 is 2.10 bits per heavy atom. The molecule has 152 valence electrons. The van der Waals surface area contributed by atoms with Crippen molar-refractivity contribution in [3.63, 3.8) is 0 Å². The van der Waals surface area contributed by atoms with Crippen LogP contribution in [-0.2, 0) is 6.18 Å². The third-order valence-electron chi connectivity index (χ3n) is 5.72. The summed E-state index contributed by atoms with van der Waals surface area (Å²) in [5, 5.41) is 9.38. The minimum Gasteiger partial charge on any atom is -0.361 e. The summed E-state index contributed by atoms with van der Waals surface area (Å²) >= 11 is 0. The Labute approximate surface area is 172 Å². The Kier molecular flexibility index (Phi) is 4.07. The molecule has 1 aliphatic heterocycles. The van der Waals surface area contributed by atoms with Crippen molar-refractivity contribution in [2.45, 2.75) is 26.2 Å². The Balaban J connectivity index is 1.57. The average Bonchev–Trinajstić information content (AvgIpc) is 3.02. The van der Waals surface area contributed by atoms with Gasteiger partial charge in [-0.15, -0.1) is 0 Å². The van der Waals surface area contributed by atoms with Gasteiger partial charge in [-0.2, -0.15) is 13.2 Å². The predicted octanol–water partition coefficient (Wildman–Crippen LogP) is 6.80. The van der Waals surface area contributed by atoms with E-state index >= 15 is 0 Å². The van der Waals surface area contributed by atoms with Crippen molar-refractivity contribution in [3.8, 4) is 5.69 Å². The SMILES string of the molecule is Cc1cc(C2Nc3cccc4cccc(c34)N2)c(C)n1-c1cccc(C(F)(F)F)c1. The van der Waals surface area contributed by atoms with Crippen LogP contribution < -0.4 is 10.6 Å². The van der Waals surface area contributed by atoms with E-state index in [1.165, 1.54) is 12.1 Å². The van der Waals surface area contributed by atoms with E-state index in [4.69, 9.17) is 0 Å². The highest BCUT2D eigenvalue weighted by Gasteiger charge is 2.31. The predicted molar refractivity (Wildman–Crippen MR) is 114 cm³/mol. The summed E-state index contributed by atoms with van der Waals surface area (Å²) in [4.78, 5) is 0. The zero-order valence-electron chi connectivity index (χ0n) is 16.5. The fourth-order valence-electron chi connectivity index (χ4n) is 4.38. The molecule has 3 nitrogen and oxygen atoms in total. The van der Waals surface area contributed by atoms with Gasteiger partial charge in [0.1, 0.15) is 6.17 Å². The fraction of sp³-hybridized carbons (Fsp3) is 0.167. The number of aryl methyl sites for hydroxylation is 1. The lowest BCUT2D eigenvalue weighted by Gasteiger charge is -2.29. The molecule has 2 N–H and O–H groups in total. The van der Waals surface area contributed by atoms with Gasteiger partial charge in [0.2, 0.25) is 0 Å². The van der Waals surface area contributed by atoms with E-state index < -0.39 is 11.7 Å². The lowest BCUT2D eigenvalue weighted by Crippen LogP contribution is -2.24. The summed E-state index contributed by atoms with van der Waals surface area (Å²) in [6.07, 6.45) is -4.56. The number of benzene rings is 3. The van der Waals surface area contributed by atoms with Crippen molar-refractivity contribution in [1.82, 2.24) is 4.57 Å². The Morgan fingerprint density at radius 2 is 1.47 bits per heavy atom. The molecule has 4 aromatic rings. The van der Waals surface area contributed by atoms with Gasteiger partial charge >= 0.3 is 6.18 Å². The largest absolute Gasteiger partial charge is 0.416 e. The van der Waals surface area contributed by atoms with Crippen molar-refractivity contribution in [2.75, 3.05) is 10.6 Å². The molecule has 0 saturated heterocycles. The normalized spacial score (nSPS) is 13.9. The van der Waals surface area contributed by atoms with Gasteiger partial charge in [0.25, 0.3) is 0 Å². The van der Waals surface area contributed by atoms with Gasteiger partial charge in [0.05, 0.1) is 5.56 Å². The number of anilines is 2. The van der Waals surface area contributed by atoms with Crippen LogP contribution in [0.3, 0.4) is 0 Å². The van der Waals surface area contributed by atoms with Crippen LogP contribution in [0.2, 0.25) is 0 Å². The Bertz CT molecular complexity index is 1230. The number of aromatic nitrogens is 1. The molecule has 0 radical (unpaired) electrons. The smallest absolute Gasteiger partial charge is 0.361 e. The highest BCUT2D eigenvalue weighted by molar-refractivity contribution is 6.04. The quantitative estimate of drug-likeness (QED) is 0.382. The second-order valence-corrected chi connectivity index (χ2v) is 7.64. The first-order valence-corrected chi connectivity index (χ1v) is 9.74. The maximum atomic E-state index is 13.2. The number of nitrogens with zero attached hydrogens (tertiary/aromatic N) is 1. The van der Waals surface area contributed by atoms with E-state index in [0.717, 1.165) is 45.2 Å². The van der Waals surface area contributed by atoms with Crippen LogP contribution in [0.15, 0.2) is 66.7 Å². The van der Waals surface area contributed by atoms with Crippen LogP contribution >= 0.6 is 0 Å². The standard InChI is InChI=1S/C24H20F3N3/c1-14-12-19(15(2)30(14)18-9-5-8-17(13-18)24(25,26)27)23-28-20-10-3-6-16-7-4-11-21(29-23)22(16)20/h3-13,23,28-29H,1-2H3. The molecule has 1 aromatic heterocycles. The Morgan fingerprint density at radius 1 is 0.833 bits per heavy atom. The molecular formula is C24H20F3N3. The van der Waals surface area contributed by atoms with Crippen LogP contribution in [0.5, 0.6) is 0 Å². The molecule has 0 atom stereocenters. The zero-order chi connectivity index (χ0) is 21.0. The number of rotatable bonds is 2. The van der Waals surface area contributed by atoms with Crippen LogP contribution in [0.4, 0.5) is 24.5 Å². The third kappa shape index (κ3) is 2.91. The van der Waals surface area contributed by atoms with Crippen molar-refractivity contribution < 1.29 is 13.2 Å². The number of nitrogens with one attached hydrogen (secondary N) is 2. The number of alkyl halides is 3. The number of hydrogen-bond donors (Lipinski definition) is 2. The Hall–Kier alpha value is -3.41. The van der Waals surface area contributed by atoms with Gasteiger partial charge in [-0.25, -0.2) is 0 Å². The molecule has 1 aliphatic rings. The van der Waals surface area contributed by atoms with E-state index in [0.29, 0.717) is 5.69 Å². The first-order valence-electron chi connectivity index (χ1n) is 9.74. The van der Waals surface area contributed by atoms with Crippen molar-refractivity contribution in [2.24, 2.45) is 0 Å².